The average molecular weight is 627 g/mol. The van der Waals surface area contributed by atoms with Crippen LogP contribution in [0.4, 0.5) is 10.6 Å². The highest BCUT2D eigenvalue weighted by molar-refractivity contribution is 5.95. The second-order valence-electron chi connectivity index (χ2n) is 10.7. The summed E-state index contributed by atoms with van der Waals surface area (Å²) in [6.45, 7) is -0.0276. The Bertz CT molecular complexity index is 1810. The fraction of sp³-hybridized carbons (Fsp3) is 0.273. The van der Waals surface area contributed by atoms with E-state index in [4.69, 9.17) is 18.9 Å². The van der Waals surface area contributed by atoms with E-state index in [0.717, 1.165) is 16.7 Å². The predicted molar refractivity (Wildman–Crippen MR) is 169 cm³/mol. The molecule has 13 heteroatoms. The molecular formula is C33H34N6O7. The van der Waals surface area contributed by atoms with Crippen molar-refractivity contribution in [3.63, 3.8) is 0 Å². The van der Waals surface area contributed by atoms with E-state index in [1.54, 1.807) is 14.2 Å². The molecule has 2 aromatic heterocycles. The van der Waals surface area contributed by atoms with Crippen LogP contribution in [0.1, 0.15) is 29.3 Å². The Balaban J connectivity index is 1.35. The lowest BCUT2D eigenvalue weighted by Crippen LogP contribution is -2.38. The maximum atomic E-state index is 13.1. The highest BCUT2D eigenvalue weighted by Gasteiger charge is 2.42. The Morgan fingerprint density at radius 1 is 0.978 bits per heavy atom. The van der Waals surface area contributed by atoms with E-state index >= 15 is 0 Å². The molecule has 0 saturated carbocycles. The highest BCUT2D eigenvalue weighted by Crippen LogP contribution is 2.43. The zero-order chi connectivity index (χ0) is 32.3. The first-order valence-electron chi connectivity index (χ1n) is 14.6. The minimum absolute atomic E-state index is 0.0276. The van der Waals surface area contributed by atoms with E-state index in [1.807, 2.05) is 78.9 Å². The van der Waals surface area contributed by atoms with Gasteiger partial charge in [-0.25, -0.2) is 24.1 Å². The van der Waals surface area contributed by atoms with Gasteiger partial charge in [-0.3, -0.25) is 5.32 Å². The summed E-state index contributed by atoms with van der Waals surface area (Å²) < 4.78 is 25.4. The van der Waals surface area contributed by atoms with Gasteiger partial charge in [-0.15, -0.1) is 0 Å². The average Bonchev–Trinajstić information content (AvgIpc) is 3.64. The number of hydrogen-bond donors (Lipinski definition) is 4. The molecule has 1 saturated heterocycles. The lowest BCUT2D eigenvalue weighted by atomic mass is 9.80. The quantitative estimate of drug-likeness (QED) is 0.170. The summed E-state index contributed by atoms with van der Waals surface area (Å²) in [6, 6.07) is 24.5. The number of amides is 2. The number of methoxy groups -OCH3 is 2. The van der Waals surface area contributed by atoms with Crippen LogP contribution in [-0.2, 0) is 15.1 Å². The summed E-state index contributed by atoms with van der Waals surface area (Å²) in [4.78, 5) is 36.1. The Hall–Kier alpha value is -5.24. The third-order valence-corrected chi connectivity index (χ3v) is 8.09. The summed E-state index contributed by atoms with van der Waals surface area (Å²) in [5.41, 5.74) is 1.33. The normalized spacial score (nSPS) is 18.0. The highest BCUT2D eigenvalue weighted by atomic mass is 16.6. The first-order chi connectivity index (χ1) is 22.4. The third-order valence-electron chi connectivity index (χ3n) is 8.09. The number of H-pyrrole nitrogens is 1. The smallest absolute Gasteiger partial charge is 0.329 e. The zero-order valence-corrected chi connectivity index (χ0v) is 25.5. The Kier molecular flexibility index (Phi) is 8.70. The number of aliphatic hydroxyl groups excluding tert-OH is 1. The van der Waals surface area contributed by atoms with Crippen LogP contribution in [0.2, 0.25) is 0 Å². The van der Waals surface area contributed by atoms with Gasteiger partial charge in [0.25, 0.3) is 0 Å². The van der Waals surface area contributed by atoms with Crippen molar-refractivity contribution < 1.29 is 28.8 Å². The number of carbonyl (C=O) groups is 1. The Morgan fingerprint density at radius 2 is 1.59 bits per heavy atom. The molecule has 4 N–H and O–H groups in total. The van der Waals surface area contributed by atoms with Crippen LogP contribution in [-0.4, -0.2) is 70.7 Å². The molecule has 1 fully saturated rings. The minimum atomic E-state index is -1.12. The number of carbonyl (C=O) groups excluding carboxylic acids is 1. The molecule has 1 aliphatic heterocycles. The largest absolute Gasteiger partial charge is 0.497 e. The number of ether oxygens (including phenoxy) is 4. The molecule has 0 bridgehead atoms. The van der Waals surface area contributed by atoms with Crippen molar-refractivity contribution in [3.8, 4) is 11.5 Å². The van der Waals surface area contributed by atoms with Crippen LogP contribution < -0.4 is 25.8 Å². The number of aromatic amines is 1. The molecule has 0 aliphatic carbocycles. The molecular weight excluding hydrogens is 592 g/mol. The summed E-state index contributed by atoms with van der Waals surface area (Å²) >= 11 is 0. The van der Waals surface area contributed by atoms with Gasteiger partial charge in [0.05, 0.1) is 26.9 Å². The minimum Gasteiger partial charge on any atom is -0.497 e. The molecule has 3 heterocycles. The molecule has 0 radical (unpaired) electrons. The van der Waals surface area contributed by atoms with Gasteiger partial charge in [0.15, 0.2) is 11.5 Å². The number of urea groups is 1. The number of aromatic nitrogens is 4. The van der Waals surface area contributed by atoms with Gasteiger partial charge in [0.1, 0.15) is 41.3 Å². The van der Waals surface area contributed by atoms with Crippen LogP contribution in [0.15, 0.2) is 90.0 Å². The summed E-state index contributed by atoms with van der Waals surface area (Å²) in [5, 5.41) is 16.2. The molecule has 0 spiro atoms. The third kappa shape index (κ3) is 5.67. The number of nitrogens with one attached hydrogen (secondary N) is 3. The molecule has 3 atom stereocenters. The van der Waals surface area contributed by atoms with Gasteiger partial charge in [-0.1, -0.05) is 54.6 Å². The number of hydrogen-bond acceptors (Lipinski definition) is 9. The number of aliphatic hydroxyl groups is 1. The predicted octanol–water partition coefficient (Wildman–Crippen LogP) is 3.55. The van der Waals surface area contributed by atoms with Crippen molar-refractivity contribution >= 4 is 23.0 Å². The van der Waals surface area contributed by atoms with E-state index in [2.05, 4.69) is 25.6 Å². The van der Waals surface area contributed by atoms with Crippen LogP contribution in [0.3, 0.4) is 0 Å². The number of benzene rings is 3. The molecule has 3 aromatic carbocycles. The van der Waals surface area contributed by atoms with Crippen LogP contribution in [0.5, 0.6) is 11.5 Å². The van der Waals surface area contributed by atoms with E-state index in [0.29, 0.717) is 11.5 Å². The van der Waals surface area contributed by atoms with Gasteiger partial charge in [-0.2, -0.15) is 0 Å². The first-order valence-corrected chi connectivity index (χ1v) is 14.6. The van der Waals surface area contributed by atoms with Crippen LogP contribution >= 0.6 is 0 Å². The van der Waals surface area contributed by atoms with E-state index in [1.165, 1.54) is 17.9 Å². The number of rotatable bonds is 10. The van der Waals surface area contributed by atoms with Crippen molar-refractivity contribution in [1.29, 1.82) is 0 Å². The van der Waals surface area contributed by atoms with Gasteiger partial charge in [0.2, 0.25) is 0 Å². The molecule has 2 amide bonds. The number of fused-ring (bicyclic) bond motifs is 1. The van der Waals surface area contributed by atoms with Crippen molar-refractivity contribution in [1.82, 2.24) is 24.8 Å². The van der Waals surface area contributed by atoms with Gasteiger partial charge >= 0.3 is 11.7 Å². The Morgan fingerprint density at radius 3 is 2.17 bits per heavy atom. The molecule has 238 valence electrons. The van der Waals surface area contributed by atoms with Crippen LogP contribution in [0, 0.1) is 0 Å². The molecule has 13 nitrogen and oxygen atoms in total. The Labute approximate surface area is 264 Å². The molecule has 46 heavy (non-hydrogen) atoms. The summed E-state index contributed by atoms with van der Waals surface area (Å²) in [6.07, 6.45) is -1.28. The fourth-order valence-electron chi connectivity index (χ4n) is 5.77. The van der Waals surface area contributed by atoms with Gasteiger partial charge < -0.3 is 34.4 Å². The fourth-order valence-corrected chi connectivity index (χ4v) is 5.77. The van der Waals surface area contributed by atoms with Gasteiger partial charge in [-0.05, 0) is 41.0 Å². The van der Waals surface area contributed by atoms with E-state index in [9.17, 15) is 14.7 Å². The molecule has 5 aromatic rings. The second kappa shape index (κ2) is 13.0. The molecule has 1 aliphatic rings. The van der Waals surface area contributed by atoms with Crippen molar-refractivity contribution in [2.24, 2.45) is 0 Å². The number of nitrogens with zero attached hydrogens (tertiary/aromatic N) is 3. The number of anilines is 1. The second-order valence-corrected chi connectivity index (χ2v) is 10.7. The lowest BCUT2D eigenvalue weighted by Gasteiger charge is -2.37. The van der Waals surface area contributed by atoms with E-state index in [-0.39, 0.29) is 30.0 Å². The standard InChI is InChI=1S/C33H34N6O7/c1-34-31(41)38-29-28-30(36-19-35-29)39(32(42)37-28)27-17-25(40)26(46-27)18-45-33(20-7-5-4-6-8-20,21-9-13-23(43-2)14-10-21)22-11-15-24(44-3)16-12-22/h4-16,19,25-27,40H,17-18H2,1-3H3,(H,37,42)(H2,34,35,36,38,41)/t25-,26+,27+/m0/s1. The van der Waals surface area contributed by atoms with Crippen molar-refractivity contribution in [2.75, 3.05) is 33.2 Å². The summed E-state index contributed by atoms with van der Waals surface area (Å²) in [7, 11) is 4.69. The number of imidazole rings is 1. The molecule has 6 rings (SSSR count). The zero-order valence-electron chi connectivity index (χ0n) is 25.5. The first kappa shape index (κ1) is 30.8. The van der Waals surface area contributed by atoms with E-state index < -0.39 is 35.8 Å². The summed E-state index contributed by atoms with van der Waals surface area (Å²) in [5.74, 6) is 1.52. The van der Waals surface area contributed by atoms with Crippen molar-refractivity contribution in [2.45, 2.75) is 30.5 Å². The lowest BCUT2D eigenvalue weighted by molar-refractivity contribution is -0.0935. The van der Waals surface area contributed by atoms with Gasteiger partial charge in [0, 0.05) is 13.5 Å². The maximum absolute atomic E-state index is 13.1. The van der Waals surface area contributed by atoms with Crippen LogP contribution in [0.25, 0.3) is 11.2 Å². The monoisotopic (exact) mass is 626 g/mol. The van der Waals surface area contributed by atoms with Crippen molar-refractivity contribution in [3.05, 3.63) is 112 Å². The SMILES string of the molecule is CNC(=O)Nc1ncnc2c1[nH]c(=O)n2[C@H]1C[C@H](O)[C@@H](COC(c2ccccc2)(c2ccc(OC)cc2)c2ccc(OC)cc2)O1. The topological polar surface area (TPSA) is 162 Å². The molecule has 0 unspecified atom stereocenters. The maximum Gasteiger partial charge on any atom is 0.329 e.